The number of carboxylic acid groups (broad SMARTS) is 1. The Hall–Kier alpha value is -2.14. The van der Waals surface area contributed by atoms with Gasteiger partial charge in [-0.05, 0) is 18.4 Å². The zero-order valence-corrected chi connectivity index (χ0v) is 11.6. The molecule has 1 amide bonds. The van der Waals surface area contributed by atoms with E-state index in [1.165, 1.54) is 0 Å². The summed E-state index contributed by atoms with van der Waals surface area (Å²) in [6.45, 7) is -0.226. The highest BCUT2D eigenvalue weighted by molar-refractivity contribution is 5.85. The highest BCUT2D eigenvalue weighted by Crippen LogP contribution is 2.27. The van der Waals surface area contributed by atoms with Crippen molar-refractivity contribution in [1.29, 1.82) is 0 Å². The van der Waals surface area contributed by atoms with Crippen LogP contribution in [0.15, 0.2) is 42.5 Å². The number of carbonyl (C=O) groups is 2. The zero-order chi connectivity index (χ0) is 15.2. The number of nitrogens with one attached hydrogen (secondary N) is 1. The number of hydrogen-bond donors (Lipinski definition) is 3. The molecule has 2 rings (SSSR count). The van der Waals surface area contributed by atoms with Crippen LogP contribution in [-0.4, -0.2) is 28.7 Å². The third-order valence-electron chi connectivity index (χ3n) is 3.79. The normalized spacial score (nSPS) is 22.5. The van der Waals surface area contributed by atoms with Gasteiger partial charge in [-0.3, -0.25) is 9.59 Å². The smallest absolute Gasteiger partial charge is 0.307 e. The van der Waals surface area contributed by atoms with E-state index in [-0.39, 0.29) is 12.5 Å². The van der Waals surface area contributed by atoms with E-state index in [0.29, 0.717) is 12.8 Å². The van der Waals surface area contributed by atoms with Crippen molar-refractivity contribution in [2.45, 2.75) is 18.9 Å². The zero-order valence-electron chi connectivity index (χ0n) is 11.6. The second kappa shape index (κ2) is 7.04. The Labute approximate surface area is 123 Å². The fourth-order valence-electron chi connectivity index (χ4n) is 2.58. The molecule has 5 heteroatoms. The van der Waals surface area contributed by atoms with E-state index >= 15 is 0 Å². The van der Waals surface area contributed by atoms with Crippen LogP contribution in [0, 0.1) is 11.8 Å². The molecule has 0 bridgehead atoms. The average molecular weight is 289 g/mol. The second-order valence-electron chi connectivity index (χ2n) is 5.15. The fraction of sp³-hybridized carbons (Fsp3) is 0.375. The number of rotatable bonds is 5. The third kappa shape index (κ3) is 3.70. The largest absolute Gasteiger partial charge is 0.481 e. The van der Waals surface area contributed by atoms with Gasteiger partial charge in [0.1, 0.15) is 0 Å². The van der Waals surface area contributed by atoms with E-state index in [1.54, 1.807) is 6.08 Å². The molecule has 0 heterocycles. The number of amides is 1. The summed E-state index contributed by atoms with van der Waals surface area (Å²) in [7, 11) is 0. The number of allylic oxidation sites excluding steroid dienone is 2. The molecule has 3 atom stereocenters. The molecule has 1 aromatic carbocycles. The Kier molecular flexibility index (Phi) is 5.11. The van der Waals surface area contributed by atoms with E-state index in [4.69, 9.17) is 0 Å². The van der Waals surface area contributed by atoms with E-state index in [0.717, 1.165) is 5.56 Å². The highest BCUT2D eigenvalue weighted by atomic mass is 16.4. The first kappa shape index (κ1) is 15.3. The average Bonchev–Trinajstić information content (AvgIpc) is 2.53. The van der Waals surface area contributed by atoms with Gasteiger partial charge in [0.2, 0.25) is 5.91 Å². The molecular formula is C16H19NO4. The summed E-state index contributed by atoms with van der Waals surface area (Å²) in [6, 6.07) is 8.62. The van der Waals surface area contributed by atoms with Gasteiger partial charge in [0.25, 0.3) is 0 Å². The molecule has 3 N–H and O–H groups in total. The van der Waals surface area contributed by atoms with Crippen molar-refractivity contribution in [2.75, 3.05) is 6.61 Å². The standard InChI is InChI=1S/C16H19NO4/c18-10-14(11-6-2-1-3-7-11)17-15(19)12-8-4-5-9-13(12)16(20)21/h1-7,12-14,18H,8-10H2,(H,17,19)(H,20,21)/t12-,13+,14?/m1/s1. The molecule has 0 saturated heterocycles. The summed E-state index contributed by atoms with van der Waals surface area (Å²) < 4.78 is 0. The van der Waals surface area contributed by atoms with Crippen LogP contribution in [0.2, 0.25) is 0 Å². The highest BCUT2D eigenvalue weighted by Gasteiger charge is 2.34. The monoisotopic (exact) mass is 289 g/mol. The molecular weight excluding hydrogens is 270 g/mol. The third-order valence-corrected chi connectivity index (χ3v) is 3.79. The predicted molar refractivity (Wildman–Crippen MR) is 77.4 cm³/mol. The van der Waals surface area contributed by atoms with E-state index in [2.05, 4.69) is 5.32 Å². The lowest BCUT2D eigenvalue weighted by Gasteiger charge is -2.26. The summed E-state index contributed by atoms with van der Waals surface area (Å²) in [4.78, 5) is 23.6. The second-order valence-corrected chi connectivity index (χ2v) is 5.15. The lowest BCUT2D eigenvalue weighted by molar-refractivity contribution is -0.147. The van der Waals surface area contributed by atoms with Crippen LogP contribution in [0.25, 0.3) is 0 Å². The molecule has 5 nitrogen and oxygen atoms in total. The Morgan fingerprint density at radius 3 is 2.33 bits per heavy atom. The van der Waals surface area contributed by atoms with Crippen LogP contribution in [0.4, 0.5) is 0 Å². The Balaban J connectivity index is 2.08. The summed E-state index contributed by atoms with van der Waals surface area (Å²) >= 11 is 0. The van der Waals surface area contributed by atoms with Crippen molar-refractivity contribution in [3.63, 3.8) is 0 Å². The maximum atomic E-state index is 12.3. The van der Waals surface area contributed by atoms with Crippen molar-refractivity contribution >= 4 is 11.9 Å². The predicted octanol–water partition coefficient (Wildman–Crippen LogP) is 1.50. The molecule has 0 aliphatic heterocycles. The van der Waals surface area contributed by atoms with Crippen LogP contribution in [0.1, 0.15) is 24.4 Å². The van der Waals surface area contributed by atoms with Gasteiger partial charge in [-0.25, -0.2) is 0 Å². The van der Waals surface area contributed by atoms with Crippen LogP contribution in [0.3, 0.4) is 0 Å². The molecule has 1 unspecified atom stereocenters. The number of aliphatic hydroxyl groups is 1. The van der Waals surface area contributed by atoms with Crippen molar-refractivity contribution < 1.29 is 19.8 Å². The maximum Gasteiger partial charge on any atom is 0.307 e. The fourth-order valence-corrected chi connectivity index (χ4v) is 2.58. The van der Waals surface area contributed by atoms with Crippen LogP contribution < -0.4 is 5.32 Å². The summed E-state index contributed by atoms with van der Waals surface area (Å²) in [5.74, 6) is -2.58. The maximum absolute atomic E-state index is 12.3. The van der Waals surface area contributed by atoms with Gasteiger partial charge in [0.15, 0.2) is 0 Å². The Bertz CT molecular complexity index is 526. The van der Waals surface area contributed by atoms with E-state index < -0.39 is 23.8 Å². The summed E-state index contributed by atoms with van der Waals surface area (Å²) in [6.07, 6.45) is 4.40. The molecule has 1 aliphatic carbocycles. The van der Waals surface area contributed by atoms with Crippen LogP contribution >= 0.6 is 0 Å². The van der Waals surface area contributed by atoms with Gasteiger partial charge in [0.05, 0.1) is 24.5 Å². The molecule has 21 heavy (non-hydrogen) atoms. The molecule has 0 saturated carbocycles. The first-order valence-electron chi connectivity index (χ1n) is 6.97. The number of aliphatic carboxylic acids is 1. The lowest BCUT2D eigenvalue weighted by atomic mass is 9.82. The van der Waals surface area contributed by atoms with Gasteiger partial charge >= 0.3 is 5.97 Å². The quantitative estimate of drug-likeness (QED) is 0.717. The molecule has 0 aromatic heterocycles. The minimum absolute atomic E-state index is 0.226. The minimum atomic E-state index is -0.959. The van der Waals surface area contributed by atoms with Crippen molar-refractivity contribution in [1.82, 2.24) is 5.32 Å². The number of carboxylic acids is 1. The lowest BCUT2D eigenvalue weighted by Crippen LogP contribution is -2.41. The molecule has 0 radical (unpaired) electrons. The molecule has 1 aliphatic rings. The number of aliphatic hydroxyl groups excluding tert-OH is 1. The minimum Gasteiger partial charge on any atom is -0.481 e. The summed E-state index contributed by atoms with van der Waals surface area (Å²) in [5, 5.41) is 21.4. The van der Waals surface area contributed by atoms with Crippen molar-refractivity contribution in [3.05, 3.63) is 48.0 Å². The summed E-state index contributed by atoms with van der Waals surface area (Å²) in [5.41, 5.74) is 0.798. The number of benzene rings is 1. The van der Waals surface area contributed by atoms with E-state index in [9.17, 15) is 19.8 Å². The van der Waals surface area contributed by atoms with E-state index in [1.807, 2.05) is 36.4 Å². The number of carbonyl (C=O) groups excluding carboxylic acids is 1. The van der Waals surface area contributed by atoms with Crippen molar-refractivity contribution in [2.24, 2.45) is 11.8 Å². The van der Waals surface area contributed by atoms with Gasteiger partial charge in [-0.2, -0.15) is 0 Å². The SMILES string of the molecule is O=C(O)[C@H]1CC=CC[C@H]1C(=O)NC(CO)c1ccccc1. The molecule has 1 aromatic rings. The first-order chi connectivity index (χ1) is 10.1. The van der Waals surface area contributed by atoms with Gasteiger partial charge in [-0.15, -0.1) is 0 Å². The van der Waals surface area contributed by atoms with Gasteiger partial charge < -0.3 is 15.5 Å². The van der Waals surface area contributed by atoms with Crippen molar-refractivity contribution in [3.8, 4) is 0 Å². The van der Waals surface area contributed by atoms with Gasteiger partial charge in [-0.1, -0.05) is 42.5 Å². The topological polar surface area (TPSA) is 86.6 Å². The Morgan fingerprint density at radius 2 is 1.76 bits per heavy atom. The molecule has 112 valence electrons. The molecule has 0 fully saturated rings. The Morgan fingerprint density at radius 1 is 1.14 bits per heavy atom. The van der Waals surface area contributed by atoms with Gasteiger partial charge in [0, 0.05) is 0 Å². The first-order valence-corrected chi connectivity index (χ1v) is 6.97. The number of hydrogen-bond acceptors (Lipinski definition) is 3. The van der Waals surface area contributed by atoms with Crippen LogP contribution in [-0.2, 0) is 9.59 Å². The van der Waals surface area contributed by atoms with Crippen LogP contribution in [0.5, 0.6) is 0 Å². The molecule has 0 spiro atoms.